The normalized spacial score (nSPS) is 14.1. The Hall–Kier alpha value is -5.86. The van der Waals surface area contributed by atoms with Crippen LogP contribution in [0.2, 0.25) is 0 Å². The summed E-state index contributed by atoms with van der Waals surface area (Å²) in [6.07, 6.45) is 0. The van der Waals surface area contributed by atoms with Crippen LogP contribution in [-0.4, -0.2) is 4.57 Å². The molecular weight excluding hydrogens is 595 g/mol. The third-order valence-electron chi connectivity index (χ3n) is 11.1. The summed E-state index contributed by atoms with van der Waals surface area (Å²) in [5.41, 5.74) is 16.0. The van der Waals surface area contributed by atoms with E-state index in [4.69, 9.17) is 4.42 Å². The Morgan fingerprint density at radius 2 is 1.27 bits per heavy atom. The SMILES string of the molecule is C[C@@H](c1ccc2c(c1)-c1ccccc1C2(C)C)c1cccc2oc3ccc(-c4cccc5c4c4ccccc4n5-c4ccccc4)cc3c12. The van der Waals surface area contributed by atoms with Gasteiger partial charge in [0.2, 0.25) is 0 Å². The van der Waals surface area contributed by atoms with Gasteiger partial charge in [-0.05, 0) is 87.0 Å². The molecule has 0 N–H and O–H groups in total. The number of para-hydroxylation sites is 2. The Balaban J connectivity index is 1.15. The van der Waals surface area contributed by atoms with Crippen molar-refractivity contribution in [2.24, 2.45) is 0 Å². The number of nitrogens with zero attached hydrogens (tertiary/aromatic N) is 1. The zero-order chi connectivity index (χ0) is 32.9. The third kappa shape index (κ3) is 4.01. The van der Waals surface area contributed by atoms with Crippen molar-refractivity contribution in [2.45, 2.75) is 32.1 Å². The van der Waals surface area contributed by atoms with Crippen LogP contribution in [-0.2, 0) is 5.41 Å². The van der Waals surface area contributed by atoms with Gasteiger partial charge in [-0.2, -0.15) is 0 Å². The number of benzene rings is 7. The van der Waals surface area contributed by atoms with Gasteiger partial charge in [-0.25, -0.2) is 0 Å². The fraction of sp³-hybridized carbons (Fsp3) is 0.106. The van der Waals surface area contributed by atoms with Crippen molar-refractivity contribution in [3.05, 3.63) is 174 Å². The van der Waals surface area contributed by atoms with Gasteiger partial charge in [0.25, 0.3) is 0 Å². The van der Waals surface area contributed by atoms with Gasteiger partial charge in [-0.3, -0.25) is 0 Å². The molecule has 49 heavy (non-hydrogen) atoms. The molecule has 0 bridgehead atoms. The number of hydrogen-bond donors (Lipinski definition) is 0. The van der Waals surface area contributed by atoms with E-state index < -0.39 is 0 Å². The first-order valence-corrected chi connectivity index (χ1v) is 17.3. The summed E-state index contributed by atoms with van der Waals surface area (Å²) in [5.74, 6) is 0.182. The largest absolute Gasteiger partial charge is 0.456 e. The topological polar surface area (TPSA) is 18.1 Å². The molecule has 0 spiro atoms. The molecule has 2 nitrogen and oxygen atoms in total. The summed E-state index contributed by atoms with van der Waals surface area (Å²) in [5, 5.41) is 4.88. The average molecular weight is 630 g/mol. The van der Waals surface area contributed by atoms with Crippen molar-refractivity contribution in [3.8, 4) is 27.9 Å². The van der Waals surface area contributed by atoms with E-state index in [-0.39, 0.29) is 11.3 Å². The van der Waals surface area contributed by atoms with Crippen LogP contribution in [0.3, 0.4) is 0 Å². The summed E-state index contributed by atoms with van der Waals surface area (Å²) in [4.78, 5) is 0. The molecule has 234 valence electrons. The highest BCUT2D eigenvalue weighted by molar-refractivity contribution is 6.17. The van der Waals surface area contributed by atoms with Crippen LogP contribution in [0.5, 0.6) is 0 Å². The van der Waals surface area contributed by atoms with Crippen molar-refractivity contribution in [3.63, 3.8) is 0 Å². The summed E-state index contributed by atoms with van der Waals surface area (Å²) >= 11 is 0. The van der Waals surface area contributed by atoms with Crippen LogP contribution in [0.15, 0.2) is 156 Å². The second kappa shape index (κ2) is 10.3. The molecule has 9 aromatic rings. The minimum absolute atomic E-state index is 0.00112. The highest BCUT2D eigenvalue weighted by atomic mass is 16.3. The Kier molecular flexibility index (Phi) is 5.93. The standard InChI is InChI=1S/C47H35NO/c1-29(30-23-25-40-37(27-30)35-15-7-9-19-39(35)47(40,2)3)33-17-12-22-44-46(33)38-28-31(24-26-43(38)49-44)34-18-11-21-42-45(34)36-16-8-10-20-41(36)48(42)32-13-5-4-6-14-32/h4-29H,1-3H3/t29-/m0/s1. The summed E-state index contributed by atoms with van der Waals surface area (Å²) in [6, 6.07) is 55.4. The Morgan fingerprint density at radius 1 is 0.531 bits per heavy atom. The van der Waals surface area contributed by atoms with E-state index in [9.17, 15) is 0 Å². The van der Waals surface area contributed by atoms with Gasteiger partial charge in [-0.15, -0.1) is 0 Å². The lowest BCUT2D eigenvalue weighted by Gasteiger charge is -2.22. The van der Waals surface area contributed by atoms with E-state index in [1.165, 1.54) is 77.4 Å². The first-order valence-electron chi connectivity index (χ1n) is 17.3. The molecular formula is C47H35NO. The number of furan rings is 1. The maximum atomic E-state index is 6.53. The van der Waals surface area contributed by atoms with Gasteiger partial charge in [0, 0.05) is 38.6 Å². The van der Waals surface area contributed by atoms with Gasteiger partial charge in [0.15, 0.2) is 0 Å². The van der Waals surface area contributed by atoms with Crippen LogP contribution >= 0.6 is 0 Å². The van der Waals surface area contributed by atoms with Gasteiger partial charge < -0.3 is 8.98 Å². The van der Waals surface area contributed by atoms with E-state index in [1.54, 1.807) is 0 Å². The average Bonchev–Trinajstić information content (AvgIpc) is 3.77. The van der Waals surface area contributed by atoms with E-state index in [2.05, 4.69) is 177 Å². The molecule has 0 saturated carbocycles. The lowest BCUT2D eigenvalue weighted by Crippen LogP contribution is -2.14. The summed E-state index contributed by atoms with van der Waals surface area (Å²) in [6.45, 7) is 7.03. The Bertz CT molecular complexity index is 2760. The molecule has 1 atom stereocenters. The minimum Gasteiger partial charge on any atom is -0.456 e. The molecule has 0 radical (unpaired) electrons. The third-order valence-corrected chi connectivity index (χ3v) is 11.1. The van der Waals surface area contributed by atoms with E-state index in [0.717, 1.165) is 16.6 Å². The molecule has 10 rings (SSSR count). The number of fused-ring (bicyclic) bond motifs is 9. The van der Waals surface area contributed by atoms with Gasteiger partial charge >= 0.3 is 0 Å². The van der Waals surface area contributed by atoms with Crippen LogP contribution < -0.4 is 0 Å². The van der Waals surface area contributed by atoms with Crippen LogP contribution in [0, 0.1) is 0 Å². The molecule has 0 saturated heterocycles. The number of rotatable bonds is 4. The monoisotopic (exact) mass is 629 g/mol. The van der Waals surface area contributed by atoms with Crippen LogP contribution in [0.25, 0.3) is 71.7 Å². The molecule has 2 aromatic heterocycles. The molecule has 7 aromatic carbocycles. The number of aromatic nitrogens is 1. The summed E-state index contributed by atoms with van der Waals surface area (Å²) < 4.78 is 8.92. The van der Waals surface area contributed by atoms with Crippen molar-refractivity contribution >= 4 is 43.7 Å². The predicted octanol–water partition coefficient (Wildman–Crippen LogP) is 12.8. The lowest BCUT2D eigenvalue weighted by atomic mass is 9.81. The van der Waals surface area contributed by atoms with Gasteiger partial charge in [0.05, 0.1) is 11.0 Å². The second-order valence-electron chi connectivity index (χ2n) is 14.1. The van der Waals surface area contributed by atoms with Crippen molar-refractivity contribution in [2.75, 3.05) is 0 Å². The van der Waals surface area contributed by atoms with Crippen molar-refractivity contribution in [1.29, 1.82) is 0 Å². The molecule has 2 heteroatoms. The van der Waals surface area contributed by atoms with E-state index >= 15 is 0 Å². The Morgan fingerprint density at radius 3 is 2.16 bits per heavy atom. The highest BCUT2D eigenvalue weighted by Crippen LogP contribution is 2.50. The van der Waals surface area contributed by atoms with Gasteiger partial charge in [0.1, 0.15) is 11.2 Å². The zero-order valence-electron chi connectivity index (χ0n) is 27.9. The van der Waals surface area contributed by atoms with E-state index in [1.807, 2.05) is 0 Å². The molecule has 0 fully saturated rings. The van der Waals surface area contributed by atoms with Gasteiger partial charge in [-0.1, -0.05) is 130 Å². The van der Waals surface area contributed by atoms with Crippen LogP contribution in [0.1, 0.15) is 48.9 Å². The highest BCUT2D eigenvalue weighted by Gasteiger charge is 2.35. The zero-order valence-corrected chi connectivity index (χ0v) is 27.9. The second-order valence-corrected chi connectivity index (χ2v) is 14.1. The predicted molar refractivity (Wildman–Crippen MR) is 205 cm³/mol. The molecule has 1 aliphatic rings. The lowest BCUT2D eigenvalue weighted by molar-refractivity contribution is 0.660. The molecule has 1 aliphatic carbocycles. The first kappa shape index (κ1) is 28.2. The molecule has 0 aliphatic heterocycles. The first-order chi connectivity index (χ1) is 24.0. The maximum absolute atomic E-state index is 6.53. The van der Waals surface area contributed by atoms with Crippen molar-refractivity contribution < 1.29 is 4.42 Å². The minimum atomic E-state index is 0.00112. The van der Waals surface area contributed by atoms with Crippen molar-refractivity contribution in [1.82, 2.24) is 4.57 Å². The molecule has 2 heterocycles. The molecule has 0 unspecified atom stereocenters. The summed E-state index contributed by atoms with van der Waals surface area (Å²) in [7, 11) is 0. The van der Waals surface area contributed by atoms with E-state index in [0.29, 0.717) is 0 Å². The Labute approximate surface area is 285 Å². The molecule has 0 amide bonds. The number of hydrogen-bond acceptors (Lipinski definition) is 1. The fourth-order valence-corrected chi connectivity index (χ4v) is 8.68. The maximum Gasteiger partial charge on any atom is 0.135 e. The fourth-order valence-electron chi connectivity index (χ4n) is 8.68. The smallest absolute Gasteiger partial charge is 0.135 e. The quantitative estimate of drug-likeness (QED) is 0.189. The van der Waals surface area contributed by atoms with Crippen LogP contribution in [0.4, 0.5) is 0 Å².